The van der Waals surface area contributed by atoms with E-state index in [0.29, 0.717) is 17.1 Å². The van der Waals surface area contributed by atoms with Gasteiger partial charge < -0.3 is 10.5 Å². The second-order valence-electron chi connectivity index (χ2n) is 3.81. The third-order valence-corrected chi connectivity index (χ3v) is 4.29. The maximum atomic E-state index is 11.7. The molecule has 6 heteroatoms. The molecule has 0 radical (unpaired) electrons. The fourth-order valence-electron chi connectivity index (χ4n) is 1.41. The van der Waals surface area contributed by atoms with Gasteiger partial charge >= 0.3 is 0 Å². The fourth-order valence-corrected chi connectivity index (χ4v) is 2.81. The molecule has 0 aromatic heterocycles. The molecule has 0 spiro atoms. The highest BCUT2D eigenvalue weighted by molar-refractivity contribution is 7.93. The Bertz CT molecular complexity index is 495. The predicted octanol–water partition coefficient (Wildman–Crippen LogP) is 1.18. The van der Waals surface area contributed by atoms with Gasteiger partial charge in [0.2, 0.25) is 10.0 Å². The Morgan fingerprint density at radius 3 is 2.69 bits per heavy atom. The average molecular weight is 242 g/mol. The minimum Gasteiger partial charge on any atom is -0.494 e. The number of nitrogens with one attached hydrogen (secondary N) is 1. The van der Waals surface area contributed by atoms with Gasteiger partial charge in [0.05, 0.1) is 18.0 Å². The van der Waals surface area contributed by atoms with Crippen molar-refractivity contribution in [1.29, 1.82) is 0 Å². The van der Waals surface area contributed by atoms with E-state index < -0.39 is 10.0 Å². The van der Waals surface area contributed by atoms with Crippen LogP contribution in [0.1, 0.15) is 12.8 Å². The highest BCUT2D eigenvalue weighted by Crippen LogP contribution is 2.33. The third kappa shape index (κ3) is 2.21. The van der Waals surface area contributed by atoms with E-state index in [1.54, 1.807) is 18.2 Å². The zero-order chi connectivity index (χ0) is 11.8. The summed E-state index contributed by atoms with van der Waals surface area (Å²) in [7, 11) is -1.78. The minimum atomic E-state index is -3.26. The maximum Gasteiger partial charge on any atom is 0.235 e. The number of nitrogens with two attached hydrogens (primary N) is 1. The normalized spacial score (nSPS) is 15.8. The standard InChI is InChI=1S/C10H14N2O3S/c1-15-10-6-7(11)2-5-9(10)12-16(13,14)8-3-4-8/h2,5-6,8,12H,3-4,11H2,1H3. The molecule has 88 valence electrons. The average Bonchev–Trinajstić information content (AvgIpc) is 3.04. The maximum absolute atomic E-state index is 11.7. The number of nitrogen functional groups attached to an aromatic ring is 1. The Morgan fingerprint density at radius 2 is 2.12 bits per heavy atom. The SMILES string of the molecule is COc1cc(N)ccc1NS(=O)(=O)C1CC1. The van der Waals surface area contributed by atoms with Gasteiger partial charge in [-0.15, -0.1) is 0 Å². The molecule has 1 aromatic carbocycles. The number of anilines is 2. The molecule has 1 aliphatic carbocycles. The van der Waals surface area contributed by atoms with E-state index in [9.17, 15) is 8.42 Å². The number of benzene rings is 1. The third-order valence-electron chi connectivity index (χ3n) is 2.44. The van der Waals surface area contributed by atoms with E-state index in [-0.39, 0.29) is 5.25 Å². The lowest BCUT2D eigenvalue weighted by Crippen LogP contribution is -2.17. The lowest BCUT2D eigenvalue weighted by atomic mass is 10.2. The molecule has 0 aliphatic heterocycles. The van der Waals surface area contributed by atoms with Crippen LogP contribution in [0.2, 0.25) is 0 Å². The van der Waals surface area contributed by atoms with Crippen molar-refractivity contribution in [3.05, 3.63) is 18.2 Å². The van der Waals surface area contributed by atoms with Crippen LogP contribution < -0.4 is 15.2 Å². The monoisotopic (exact) mass is 242 g/mol. The van der Waals surface area contributed by atoms with Crippen molar-refractivity contribution < 1.29 is 13.2 Å². The molecular weight excluding hydrogens is 228 g/mol. The molecule has 1 aromatic rings. The van der Waals surface area contributed by atoms with E-state index in [1.165, 1.54) is 7.11 Å². The summed E-state index contributed by atoms with van der Waals surface area (Å²) in [6, 6.07) is 4.83. The second kappa shape index (κ2) is 3.86. The largest absolute Gasteiger partial charge is 0.494 e. The van der Waals surface area contributed by atoms with Crippen LogP contribution in [0.25, 0.3) is 0 Å². The number of sulfonamides is 1. The van der Waals surface area contributed by atoms with Crippen LogP contribution in [-0.4, -0.2) is 20.8 Å². The Kier molecular flexibility index (Phi) is 2.67. The molecule has 0 saturated heterocycles. The van der Waals surface area contributed by atoms with Crippen LogP contribution in [0.5, 0.6) is 5.75 Å². The smallest absolute Gasteiger partial charge is 0.235 e. The number of hydrogen-bond donors (Lipinski definition) is 2. The summed E-state index contributed by atoms with van der Waals surface area (Å²) in [5, 5.41) is -0.255. The van der Waals surface area contributed by atoms with E-state index >= 15 is 0 Å². The molecule has 0 amide bonds. The van der Waals surface area contributed by atoms with Crippen molar-refractivity contribution in [2.24, 2.45) is 0 Å². The molecule has 0 atom stereocenters. The summed E-state index contributed by atoms with van der Waals surface area (Å²) in [6.07, 6.45) is 1.46. The van der Waals surface area contributed by atoms with Crippen LogP contribution in [0.15, 0.2) is 18.2 Å². The first kappa shape index (κ1) is 11.1. The first-order valence-corrected chi connectivity index (χ1v) is 6.53. The van der Waals surface area contributed by atoms with Gasteiger partial charge in [-0.2, -0.15) is 0 Å². The molecule has 1 aliphatic rings. The van der Waals surface area contributed by atoms with Gasteiger partial charge in [-0.25, -0.2) is 8.42 Å². The van der Waals surface area contributed by atoms with E-state index in [0.717, 1.165) is 12.8 Å². The molecule has 0 unspecified atom stereocenters. The van der Waals surface area contributed by atoms with Gasteiger partial charge in [0.25, 0.3) is 0 Å². The Balaban J connectivity index is 2.27. The quantitative estimate of drug-likeness (QED) is 0.777. The van der Waals surface area contributed by atoms with Crippen LogP contribution in [0, 0.1) is 0 Å². The Morgan fingerprint density at radius 1 is 1.44 bits per heavy atom. The van der Waals surface area contributed by atoms with Gasteiger partial charge in [0.1, 0.15) is 5.75 Å². The Hall–Kier alpha value is -1.43. The highest BCUT2D eigenvalue weighted by Gasteiger charge is 2.36. The van der Waals surface area contributed by atoms with E-state index in [1.807, 2.05) is 0 Å². The van der Waals surface area contributed by atoms with Crippen LogP contribution in [0.4, 0.5) is 11.4 Å². The summed E-state index contributed by atoms with van der Waals surface area (Å²) in [5.74, 6) is 0.434. The van der Waals surface area contributed by atoms with E-state index in [2.05, 4.69) is 4.72 Å². The fraction of sp³-hybridized carbons (Fsp3) is 0.400. The van der Waals surface area contributed by atoms with Crippen LogP contribution in [-0.2, 0) is 10.0 Å². The van der Waals surface area contributed by atoms with Gasteiger partial charge in [0.15, 0.2) is 0 Å². The van der Waals surface area contributed by atoms with Crippen molar-refractivity contribution in [3.63, 3.8) is 0 Å². The molecule has 0 bridgehead atoms. The van der Waals surface area contributed by atoms with Crippen LogP contribution in [0.3, 0.4) is 0 Å². The molecule has 3 N–H and O–H groups in total. The number of rotatable bonds is 4. The highest BCUT2D eigenvalue weighted by atomic mass is 32.2. The summed E-state index contributed by atoms with van der Waals surface area (Å²) < 4.78 is 31.0. The predicted molar refractivity (Wildman–Crippen MR) is 63.0 cm³/mol. The summed E-state index contributed by atoms with van der Waals surface area (Å²) >= 11 is 0. The van der Waals surface area contributed by atoms with E-state index in [4.69, 9.17) is 10.5 Å². The molecule has 1 fully saturated rings. The molecule has 0 heterocycles. The molecule has 2 rings (SSSR count). The topological polar surface area (TPSA) is 81.4 Å². The number of methoxy groups -OCH3 is 1. The first-order chi connectivity index (χ1) is 7.53. The van der Waals surface area contributed by atoms with Gasteiger partial charge in [-0.05, 0) is 25.0 Å². The summed E-state index contributed by atoms with van der Waals surface area (Å²) in [6.45, 7) is 0. The molecule has 16 heavy (non-hydrogen) atoms. The number of hydrogen-bond acceptors (Lipinski definition) is 4. The van der Waals surface area contributed by atoms with Crippen molar-refractivity contribution in [1.82, 2.24) is 0 Å². The minimum absolute atomic E-state index is 0.255. The van der Waals surface area contributed by atoms with Crippen LogP contribution >= 0.6 is 0 Å². The summed E-state index contributed by atoms with van der Waals surface area (Å²) in [4.78, 5) is 0. The zero-order valence-corrected chi connectivity index (χ0v) is 9.75. The molecule has 1 saturated carbocycles. The second-order valence-corrected chi connectivity index (χ2v) is 5.77. The van der Waals surface area contributed by atoms with Crippen molar-refractivity contribution >= 4 is 21.4 Å². The zero-order valence-electron chi connectivity index (χ0n) is 8.93. The number of ether oxygens (including phenoxy) is 1. The molecule has 5 nitrogen and oxygen atoms in total. The van der Waals surface area contributed by atoms with Crippen molar-refractivity contribution in [3.8, 4) is 5.75 Å². The van der Waals surface area contributed by atoms with Crippen molar-refractivity contribution in [2.45, 2.75) is 18.1 Å². The lowest BCUT2D eigenvalue weighted by Gasteiger charge is -2.11. The van der Waals surface area contributed by atoms with Gasteiger partial charge in [-0.1, -0.05) is 0 Å². The van der Waals surface area contributed by atoms with Gasteiger partial charge in [-0.3, -0.25) is 4.72 Å². The lowest BCUT2D eigenvalue weighted by molar-refractivity contribution is 0.417. The molecular formula is C10H14N2O3S. The van der Waals surface area contributed by atoms with Crippen molar-refractivity contribution in [2.75, 3.05) is 17.6 Å². The Labute approximate surface area is 94.6 Å². The van der Waals surface area contributed by atoms with Gasteiger partial charge in [0, 0.05) is 11.8 Å². The first-order valence-electron chi connectivity index (χ1n) is 4.98. The summed E-state index contributed by atoms with van der Waals surface area (Å²) in [5.41, 5.74) is 6.55.